The summed E-state index contributed by atoms with van der Waals surface area (Å²) < 4.78 is 5.67. The molecule has 1 heterocycles. The maximum atomic E-state index is 5.67. The van der Waals surface area contributed by atoms with Gasteiger partial charge >= 0.3 is 0 Å². The predicted molar refractivity (Wildman–Crippen MR) is 71.8 cm³/mol. The molecule has 0 saturated carbocycles. The minimum absolute atomic E-state index is 0.787. The smallest absolute Gasteiger partial charge is 0.142 e. The molecule has 0 aliphatic carbocycles. The number of benzene rings is 1. The third-order valence-corrected chi connectivity index (χ3v) is 3.28. The first-order chi connectivity index (χ1) is 8.35. The van der Waals surface area contributed by atoms with E-state index in [0.717, 1.165) is 44.8 Å². The number of anilines is 1. The molecule has 0 unspecified atom stereocenters. The number of nitrogens with zero attached hydrogens (tertiary/aromatic N) is 1. The first kappa shape index (κ1) is 12.2. The fraction of sp³-hybridized carbons (Fsp3) is 0.571. The normalized spacial score (nSPS) is 14.4. The van der Waals surface area contributed by atoms with Gasteiger partial charge in [-0.15, -0.1) is 0 Å². The Morgan fingerprint density at radius 2 is 2.24 bits per heavy atom. The van der Waals surface area contributed by atoms with Crippen molar-refractivity contribution >= 4 is 5.69 Å². The van der Waals surface area contributed by atoms with Gasteiger partial charge in [0.05, 0.1) is 12.2 Å². The zero-order valence-electron chi connectivity index (χ0n) is 10.6. The minimum Gasteiger partial charge on any atom is -0.490 e. The largest absolute Gasteiger partial charge is 0.490 e. The zero-order chi connectivity index (χ0) is 12.1. The van der Waals surface area contributed by atoms with Crippen LogP contribution in [-0.4, -0.2) is 26.2 Å². The van der Waals surface area contributed by atoms with Gasteiger partial charge in [0, 0.05) is 6.54 Å². The molecule has 0 spiro atoms. The molecule has 1 aliphatic rings. The molecule has 0 saturated heterocycles. The summed E-state index contributed by atoms with van der Waals surface area (Å²) in [7, 11) is 0. The Labute approximate surface area is 104 Å². The molecule has 1 aromatic rings. The minimum atomic E-state index is 0.787. The van der Waals surface area contributed by atoms with Crippen molar-refractivity contribution in [2.24, 2.45) is 5.73 Å². The van der Waals surface area contributed by atoms with E-state index in [1.807, 2.05) is 0 Å². The molecule has 1 aliphatic heterocycles. The van der Waals surface area contributed by atoms with Crippen LogP contribution in [0.5, 0.6) is 5.75 Å². The van der Waals surface area contributed by atoms with Gasteiger partial charge in [0.2, 0.25) is 0 Å². The molecule has 94 valence electrons. The fourth-order valence-electron chi connectivity index (χ4n) is 2.28. The molecule has 0 radical (unpaired) electrons. The van der Waals surface area contributed by atoms with E-state index in [4.69, 9.17) is 10.5 Å². The number of aryl methyl sites for hydroxylation is 1. The highest BCUT2D eigenvalue weighted by molar-refractivity contribution is 5.61. The lowest BCUT2D eigenvalue weighted by Gasteiger charge is -2.30. The zero-order valence-corrected chi connectivity index (χ0v) is 10.6. The molecule has 17 heavy (non-hydrogen) atoms. The standard InChI is InChI=1S/C14H22N2O/c1-2-16-9-10-17-14-7-6-12(11-13(14)16)5-3-4-8-15/h6-7,11H,2-5,8-10,15H2,1H3. The number of hydrogen-bond acceptors (Lipinski definition) is 3. The summed E-state index contributed by atoms with van der Waals surface area (Å²) in [6.45, 7) is 5.82. The van der Waals surface area contributed by atoms with Crippen LogP contribution >= 0.6 is 0 Å². The van der Waals surface area contributed by atoms with Gasteiger partial charge < -0.3 is 15.4 Å². The highest BCUT2D eigenvalue weighted by Gasteiger charge is 2.16. The second-order valence-corrected chi connectivity index (χ2v) is 4.48. The van der Waals surface area contributed by atoms with Crippen LogP contribution < -0.4 is 15.4 Å². The van der Waals surface area contributed by atoms with Crippen molar-refractivity contribution in [3.63, 3.8) is 0 Å². The lowest BCUT2D eigenvalue weighted by Crippen LogP contribution is -2.32. The number of likely N-dealkylation sites (N-methyl/N-ethyl adjacent to an activating group) is 1. The van der Waals surface area contributed by atoms with E-state index in [9.17, 15) is 0 Å². The van der Waals surface area contributed by atoms with Crippen LogP contribution in [-0.2, 0) is 6.42 Å². The predicted octanol–water partition coefficient (Wildman–Crippen LogP) is 2.19. The van der Waals surface area contributed by atoms with Crippen molar-refractivity contribution < 1.29 is 4.74 Å². The Morgan fingerprint density at radius 3 is 3.00 bits per heavy atom. The second-order valence-electron chi connectivity index (χ2n) is 4.48. The molecule has 1 aromatic carbocycles. The van der Waals surface area contributed by atoms with Crippen LogP contribution in [0.3, 0.4) is 0 Å². The Morgan fingerprint density at radius 1 is 1.35 bits per heavy atom. The SMILES string of the molecule is CCN1CCOc2ccc(CCCCN)cc21. The van der Waals surface area contributed by atoms with Crippen molar-refractivity contribution in [2.45, 2.75) is 26.2 Å². The van der Waals surface area contributed by atoms with Crippen LogP contribution in [0.25, 0.3) is 0 Å². The highest BCUT2D eigenvalue weighted by Crippen LogP contribution is 2.32. The second kappa shape index (κ2) is 5.92. The maximum Gasteiger partial charge on any atom is 0.142 e. The number of ether oxygens (including phenoxy) is 1. The number of rotatable bonds is 5. The van der Waals surface area contributed by atoms with Crippen molar-refractivity contribution in [3.8, 4) is 5.75 Å². The first-order valence-corrected chi connectivity index (χ1v) is 6.56. The van der Waals surface area contributed by atoms with Crippen molar-refractivity contribution in [2.75, 3.05) is 31.1 Å². The van der Waals surface area contributed by atoms with Crippen molar-refractivity contribution in [3.05, 3.63) is 23.8 Å². The summed E-state index contributed by atoms with van der Waals surface area (Å²) in [6, 6.07) is 6.55. The number of nitrogens with two attached hydrogens (primary N) is 1. The summed E-state index contributed by atoms with van der Waals surface area (Å²) in [5.41, 5.74) is 8.16. The fourth-order valence-corrected chi connectivity index (χ4v) is 2.28. The molecule has 0 aromatic heterocycles. The van der Waals surface area contributed by atoms with E-state index >= 15 is 0 Å². The third kappa shape index (κ3) is 2.91. The average Bonchev–Trinajstić information content (AvgIpc) is 2.38. The van der Waals surface area contributed by atoms with Gasteiger partial charge in [0.15, 0.2) is 0 Å². The van der Waals surface area contributed by atoms with Gasteiger partial charge in [-0.2, -0.15) is 0 Å². The molecule has 0 bridgehead atoms. The molecule has 2 rings (SSSR count). The molecule has 0 fully saturated rings. The van der Waals surface area contributed by atoms with Gasteiger partial charge in [-0.05, 0) is 50.4 Å². The number of fused-ring (bicyclic) bond motifs is 1. The molecule has 0 amide bonds. The molecular formula is C14H22N2O. The molecule has 0 atom stereocenters. The van der Waals surface area contributed by atoms with Gasteiger partial charge in [-0.3, -0.25) is 0 Å². The Hall–Kier alpha value is -1.22. The van der Waals surface area contributed by atoms with Gasteiger partial charge in [0.25, 0.3) is 0 Å². The van der Waals surface area contributed by atoms with Gasteiger partial charge in [0.1, 0.15) is 12.4 Å². The maximum absolute atomic E-state index is 5.67. The van der Waals surface area contributed by atoms with E-state index in [1.165, 1.54) is 17.7 Å². The number of unbranched alkanes of at least 4 members (excludes halogenated alkanes) is 1. The van der Waals surface area contributed by atoms with Crippen molar-refractivity contribution in [1.29, 1.82) is 0 Å². The van der Waals surface area contributed by atoms with Crippen LogP contribution in [0.1, 0.15) is 25.3 Å². The lowest BCUT2D eigenvalue weighted by atomic mass is 10.1. The van der Waals surface area contributed by atoms with Gasteiger partial charge in [-0.1, -0.05) is 6.07 Å². The van der Waals surface area contributed by atoms with E-state index in [0.29, 0.717) is 0 Å². The Bertz CT molecular complexity index is 365. The molecule has 2 N–H and O–H groups in total. The first-order valence-electron chi connectivity index (χ1n) is 6.56. The van der Waals surface area contributed by atoms with E-state index < -0.39 is 0 Å². The van der Waals surface area contributed by atoms with E-state index in [2.05, 4.69) is 30.0 Å². The summed E-state index contributed by atoms with van der Waals surface area (Å²) in [6.07, 6.45) is 3.38. The summed E-state index contributed by atoms with van der Waals surface area (Å²) in [4.78, 5) is 2.38. The van der Waals surface area contributed by atoms with Crippen LogP contribution in [0.15, 0.2) is 18.2 Å². The lowest BCUT2D eigenvalue weighted by molar-refractivity contribution is 0.308. The van der Waals surface area contributed by atoms with Crippen LogP contribution in [0.4, 0.5) is 5.69 Å². The Balaban J connectivity index is 2.10. The third-order valence-electron chi connectivity index (χ3n) is 3.28. The monoisotopic (exact) mass is 234 g/mol. The van der Waals surface area contributed by atoms with Crippen LogP contribution in [0, 0.1) is 0 Å². The molecular weight excluding hydrogens is 212 g/mol. The summed E-state index contributed by atoms with van der Waals surface area (Å²) in [5, 5.41) is 0. The number of hydrogen-bond donors (Lipinski definition) is 1. The van der Waals surface area contributed by atoms with Crippen LogP contribution in [0.2, 0.25) is 0 Å². The van der Waals surface area contributed by atoms with Crippen molar-refractivity contribution in [1.82, 2.24) is 0 Å². The summed E-state index contributed by atoms with van der Waals surface area (Å²) in [5.74, 6) is 1.03. The topological polar surface area (TPSA) is 38.5 Å². The van der Waals surface area contributed by atoms with E-state index in [-0.39, 0.29) is 0 Å². The quantitative estimate of drug-likeness (QED) is 0.794. The average molecular weight is 234 g/mol. The molecule has 3 heteroatoms. The summed E-state index contributed by atoms with van der Waals surface area (Å²) >= 11 is 0. The molecule has 3 nitrogen and oxygen atoms in total. The van der Waals surface area contributed by atoms with E-state index in [1.54, 1.807) is 0 Å². The highest BCUT2D eigenvalue weighted by atomic mass is 16.5. The van der Waals surface area contributed by atoms with Gasteiger partial charge in [-0.25, -0.2) is 0 Å². The Kier molecular flexibility index (Phi) is 4.26.